The van der Waals surface area contributed by atoms with E-state index in [0.29, 0.717) is 12.8 Å². The summed E-state index contributed by atoms with van der Waals surface area (Å²) in [5.74, 6) is -0.0616. The van der Waals surface area contributed by atoms with Crippen molar-refractivity contribution in [2.75, 3.05) is 5.75 Å². The molecule has 1 saturated carbocycles. The van der Waals surface area contributed by atoms with Crippen LogP contribution in [0.3, 0.4) is 0 Å². The third kappa shape index (κ3) is 3.70. The molecule has 1 aliphatic rings. The summed E-state index contributed by atoms with van der Waals surface area (Å²) < 4.78 is 37.5. The molecule has 0 aromatic heterocycles. The molecule has 0 amide bonds. The van der Waals surface area contributed by atoms with Gasteiger partial charge in [0.05, 0.1) is 11.0 Å². The van der Waals surface area contributed by atoms with Gasteiger partial charge < -0.3 is 5.73 Å². The first-order valence-corrected chi connectivity index (χ1v) is 7.63. The molecule has 96 valence electrons. The van der Waals surface area contributed by atoms with E-state index < -0.39 is 20.8 Å². The van der Waals surface area contributed by atoms with E-state index in [1.165, 1.54) is 0 Å². The summed E-state index contributed by atoms with van der Waals surface area (Å²) in [6.45, 7) is 3.26. The fourth-order valence-electron chi connectivity index (χ4n) is 2.14. The van der Waals surface area contributed by atoms with E-state index in [1.54, 1.807) is 13.8 Å². The normalized spacial score (nSPS) is 31.9. The molecule has 0 bridgehead atoms. The molecule has 0 heterocycles. The lowest BCUT2D eigenvalue weighted by molar-refractivity contribution is 0.0926. The summed E-state index contributed by atoms with van der Waals surface area (Å²) in [6, 6.07) is -0.111. The predicted molar refractivity (Wildman–Crippen MR) is 63.8 cm³/mol. The van der Waals surface area contributed by atoms with Crippen molar-refractivity contribution >= 4 is 9.84 Å². The molecular formula is C11H22FNO2S. The van der Waals surface area contributed by atoms with Crippen LogP contribution in [0.2, 0.25) is 0 Å². The molecule has 0 aliphatic heterocycles. The van der Waals surface area contributed by atoms with Crippen LogP contribution in [0.5, 0.6) is 0 Å². The third-order valence-electron chi connectivity index (χ3n) is 3.38. The van der Waals surface area contributed by atoms with Crippen molar-refractivity contribution < 1.29 is 12.8 Å². The Morgan fingerprint density at radius 2 is 2.12 bits per heavy atom. The molecule has 5 heteroatoms. The van der Waals surface area contributed by atoms with Gasteiger partial charge in [-0.25, -0.2) is 12.8 Å². The van der Waals surface area contributed by atoms with Crippen LogP contribution in [0.25, 0.3) is 0 Å². The van der Waals surface area contributed by atoms with E-state index in [4.69, 9.17) is 5.73 Å². The van der Waals surface area contributed by atoms with E-state index >= 15 is 0 Å². The maximum atomic E-state index is 14.3. The monoisotopic (exact) mass is 251 g/mol. The maximum Gasteiger partial charge on any atom is 0.152 e. The molecule has 2 atom stereocenters. The average molecular weight is 251 g/mol. The fourth-order valence-corrected chi connectivity index (χ4v) is 3.26. The van der Waals surface area contributed by atoms with Crippen LogP contribution in [0.4, 0.5) is 4.39 Å². The van der Waals surface area contributed by atoms with Crippen LogP contribution in [0, 0.1) is 0 Å². The number of halogens is 1. The first kappa shape index (κ1) is 13.9. The summed E-state index contributed by atoms with van der Waals surface area (Å²) in [5, 5.41) is -0.423. The minimum absolute atomic E-state index is 0.0616. The van der Waals surface area contributed by atoms with Gasteiger partial charge in [-0.3, -0.25) is 0 Å². The van der Waals surface area contributed by atoms with Gasteiger partial charge in [0.2, 0.25) is 0 Å². The van der Waals surface area contributed by atoms with Gasteiger partial charge >= 0.3 is 0 Å². The molecule has 0 radical (unpaired) electrons. The quantitative estimate of drug-likeness (QED) is 0.829. The number of sulfone groups is 1. The number of alkyl halides is 1. The molecule has 0 aromatic carbocycles. The average Bonchev–Trinajstić information content (AvgIpc) is 2.14. The fraction of sp³-hybridized carbons (Fsp3) is 1.00. The Balaban J connectivity index is 2.54. The smallest absolute Gasteiger partial charge is 0.152 e. The Bertz CT molecular complexity index is 329. The van der Waals surface area contributed by atoms with Gasteiger partial charge in [-0.2, -0.15) is 0 Å². The molecule has 16 heavy (non-hydrogen) atoms. The highest BCUT2D eigenvalue weighted by Crippen LogP contribution is 2.34. The second-order valence-corrected chi connectivity index (χ2v) is 7.85. The highest BCUT2D eigenvalue weighted by molar-refractivity contribution is 7.91. The molecule has 0 saturated heterocycles. The van der Waals surface area contributed by atoms with Crippen LogP contribution in [-0.4, -0.2) is 31.1 Å². The van der Waals surface area contributed by atoms with Crippen LogP contribution in [0.1, 0.15) is 46.0 Å². The lowest BCUT2D eigenvalue weighted by atomic mass is 9.82. The summed E-state index contributed by atoms with van der Waals surface area (Å²) >= 11 is 0. The van der Waals surface area contributed by atoms with Gasteiger partial charge in [0, 0.05) is 6.04 Å². The highest BCUT2D eigenvalue weighted by Gasteiger charge is 2.36. The molecule has 0 spiro atoms. The van der Waals surface area contributed by atoms with Crippen molar-refractivity contribution in [2.45, 2.75) is 62.9 Å². The molecule has 1 fully saturated rings. The van der Waals surface area contributed by atoms with Crippen LogP contribution >= 0.6 is 0 Å². The van der Waals surface area contributed by atoms with Crippen molar-refractivity contribution in [1.82, 2.24) is 0 Å². The van der Waals surface area contributed by atoms with Gasteiger partial charge in [-0.05, 0) is 46.0 Å². The Labute approximate surface area is 97.5 Å². The molecule has 1 rings (SSSR count). The number of nitrogens with two attached hydrogens (primary N) is 1. The molecule has 2 unspecified atom stereocenters. The predicted octanol–water partition coefficient (Wildman–Crippen LogP) is 1.81. The zero-order valence-electron chi connectivity index (χ0n) is 10.1. The first-order chi connectivity index (χ1) is 7.25. The van der Waals surface area contributed by atoms with Gasteiger partial charge in [0.25, 0.3) is 0 Å². The minimum atomic E-state index is -3.13. The Morgan fingerprint density at radius 3 is 2.62 bits per heavy atom. The second-order valence-electron chi connectivity index (χ2n) is 5.17. The van der Waals surface area contributed by atoms with E-state index in [2.05, 4.69) is 0 Å². The van der Waals surface area contributed by atoms with Crippen LogP contribution in [0.15, 0.2) is 0 Å². The summed E-state index contributed by atoms with van der Waals surface area (Å²) in [6.07, 6.45) is 2.47. The van der Waals surface area contributed by atoms with E-state index in [0.717, 1.165) is 12.8 Å². The van der Waals surface area contributed by atoms with Crippen molar-refractivity contribution in [2.24, 2.45) is 5.73 Å². The van der Waals surface area contributed by atoms with Crippen LogP contribution in [-0.2, 0) is 9.84 Å². The third-order valence-corrected chi connectivity index (χ3v) is 5.59. The van der Waals surface area contributed by atoms with Crippen molar-refractivity contribution in [3.63, 3.8) is 0 Å². The van der Waals surface area contributed by atoms with Crippen LogP contribution < -0.4 is 5.73 Å². The summed E-state index contributed by atoms with van der Waals surface area (Å²) in [4.78, 5) is 0. The Kier molecular flexibility index (Phi) is 4.35. The molecule has 2 N–H and O–H groups in total. The first-order valence-electron chi connectivity index (χ1n) is 5.91. The number of hydrogen-bond acceptors (Lipinski definition) is 3. The maximum absolute atomic E-state index is 14.3. The lowest BCUT2D eigenvalue weighted by Gasteiger charge is -2.33. The Morgan fingerprint density at radius 1 is 1.50 bits per heavy atom. The van der Waals surface area contributed by atoms with Crippen molar-refractivity contribution in [3.8, 4) is 0 Å². The second kappa shape index (κ2) is 5.00. The molecule has 1 aliphatic carbocycles. The topological polar surface area (TPSA) is 60.2 Å². The molecular weight excluding hydrogens is 229 g/mol. The van der Waals surface area contributed by atoms with Gasteiger partial charge in [0.1, 0.15) is 5.67 Å². The number of hydrogen-bond donors (Lipinski definition) is 1. The summed E-state index contributed by atoms with van der Waals surface area (Å²) in [7, 11) is -3.13. The van der Waals surface area contributed by atoms with Crippen molar-refractivity contribution in [1.29, 1.82) is 0 Å². The largest absolute Gasteiger partial charge is 0.328 e. The van der Waals surface area contributed by atoms with E-state index in [1.807, 2.05) is 0 Å². The molecule has 3 nitrogen and oxygen atoms in total. The van der Waals surface area contributed by atoms with Gasteiger partial charge in [-0.1, -0.05) is 0 Å². The molecule has 0 aromatic rings. The standard InChI is InChI=1S/C11H22FNO2S/c1-9(2)16(14,15)7-6-11(12)5-3-4-10(13)8-11/h9-10H,3-8,13H2,1-2H3. The summed E-state index contributed by atoms with van der Waals surface area (Å²) in [5.41, 5.74) is 4.36. The van der Waals surface area contributed by atoms with Gasteiger partial charge in [-0.15, -0.1) is 0 Å². The minimum Gasteiger partial charge on any atom is -0.328 e. The van der Waals surface area contributed by atoms with Gasteiger partial charge in [0.15, 0.2) is 9.84 Å². The zero-order valence-corrected chi connectivity index (χ0v) is 10.9. The van der Waals surface area contributed by atoms with E-state index in [-0.39, 0.29) is 18.2 Å². The zero-order chi connectivity index (χ0) is 12.4. The van der Waals surface area contributed by atoms with E-state index in [9.17, 15) is 12.8 Å². The Hall–Kier alpha value is -0.160. The lowest BCUT2D eigenvalue weighted by Crippen LogP contribution is -2.39. The SMILES string of the molecule is CC(C)S(=O)(=O)CCC1(F)CCCC(N)C1. The number of rotatable bonds is 4. The highest BCUT2D eigenvalue weighted by atomic mass is 32.2. The van der Waals surface area contributed by atoms with Crippen molar-refractivity contribution in [3.05, 3.63) is 0 Å².